The Bertz CT molecular complexity index is 796. The summed E-state index contributed by atoms with van der Waals surface area (Å²) in [6.45, 7) is 9.58. The number of aromatic nitrogens is 3. The summed E-state index contributed by atoms with van der Waals surface area (Å²) < 4.78 is 12.2. The molecule has 142 valence electrons. The zero-order chi connectivity index (χ0) is 19.5. The van der Waals surface area contributed by atoms with Crippen LogP contribution < -0.4 is 0 Å². The smallest absolute Gasteiger partial charge is 0.306 e. The van der Waals surface area contributed by atoms with Gasteiger partial charge >= 0.3 is 5.97 Å². The zero-order valence-corrected chi connectivity index (χ0v) is 16.4. The maximum Gasteiger partial charge on any atom is 0.306 e. The number of carbonyl (C=O) groups excluding carboxylic acids is 2. The molecule has 0 amide bonds. The third-order valence-corrected chi connectivity index (χ3v) is 4.35. The van der Waals surface area contributed by atoms with E-state index in [1.54, 1.807) is 0 Å². The van der Waals surface area contributed by atoms with Crippen LogP contribution in [0.3, 0.4) is 0 Å². The number of esters is 1. The Morgan fingerprint density at radius 1 is 1.27 bits per heavy atom. The molecule has 0 unspecified atom stereocenters. The number of rotatable bonds is 7. The van der Waals surface area contributed by atoms with E-state index in [-0.39, 0.29) is 24.2 Å². The summed E-state index contributed by atoms with van der Waals surface area (Å²) in [5.41, 5.74) is 2.29. The standard InChI is InChI=1S/C19H27N3O4/c1-12-10-14(13(2)22(12)6)15(23)11-25-17(24)9-7-8-16-20-18(21-26-16)19(3,4)5/h10H,7-9,11H2,1-6H3. The van der Waals surface area contributed by atoms with Crippen molar-refractivity contribution < 1.29 is 18.8 Å². The van der Waals surface area contributed by atoms with E-state index in [4.69, 9.17) is 9.26 Å². The summed E-state index contributed by atoms with van der Waals surface area (Å²) in [6, 6.07) is 1.81. The molecule has 0 bridgehead atoms. The van der Waals surface area contributed by atoms with Gasteiger partial charge < -0.3 is 13.8 Å². The lowest BCUT2D eigenvalue weighted by Crippen LogP contribution is -2.15. The van der Waals surface area contributed by atoms with Crippen molar-refractivity contribution in [1.82, 2.24) is 14.7 Å². The quantitative estimate of drug-likeness (QED) is 0.556. The molecule has 0 aliphatic heterocycles. The van der Waals surface area contributed by atoms with E-state index in [1.807, 2.05) is 52.3 Å². The maximum atomic E-state index is 12.2. The summed E-state index contributed by atoms with van der Waals surface area (Å²) in [7, 11) is 1.90. The summed E-state index contributed by atoms with van der Waals surface area (Å²) in [6.07, 6.45) is 1.23. The second kappa shape index (κ2) is 7.85. The van der Waals surface area contributed by atoms with Crippen LogP contribution in [0, 0.1) is 13.8 Å². The van der Waals surface area contributed by atoms with Gasteiger partial charge in [0.1, 0.15) is 0 Å². The SMILES string of the molecule is Cc1cc(C(=O)COC(=O)CCCc2nc(C(C)(C)C)no2)c(C)n1C. The second-order valence-corrected chi connectivity index (χ2v) is 7.54. The van der Waals surface area contributed by atoms with E-state index < -0.39 is 5.97 Å². The maximum absolute atomic E-state index is 12.2. The molecule has 2 aromatic heterocycles. The molecule has 0 aromatic carbocycles. The number of hydrogen-bond donors (Lipinski definition) is 0. The van der Waals surface area contributed by atoms with Crippen molar-refractivity contribution >= 4 is 11.8 Å². The van der Waals surface area contributed by atoms with Gasteiger partial charge in [-0.05, 0) is 26.3 Å². The van der Waals surface area contributed by atoms with Crippen molar-refractivity contribution in [3.63, 3.8) is 0 Å². The lowest BCUT2D eigenvalue weighted by Gasteiger charge is -2.10. The first-order valence-corrected chi connectivity index (χ1v) is 8.74. The van der Waals surface area contributed by atoms with Crippen LogP contribution in [-0.4, -0.2) is 33.1 Å². The molecular formula is C19H27N3O4. The van der Waals surface area contributed by atoms with Crippen molar-refractivity contribution in [3.05, 3.63) is 34.7 Å². The van der Waals surface area contributed by atoms with E-state index >= 15 is 0 Å². The third kappa shape index (κ3) is 4.80. The van der Waals surface area contributed by atoms with Crippen molar-refractivity contribution in [1.29, 1.82) is 0 Å². The Hall–Kier alpha value is -2.44. The van der Waals surface area contributed by atoms with Gasteiger partial charge in [0, 0.05) is 42.3 Å². The molecule has 0 atom stereocenters. The monoisotopic (exact) mass is 361 g/mol. The van der Waals surface area contributed by atoms with Crippen LogP contribution in [0.4, 0.5) is 0 Å². The van der Waals surface area contributed by atoms with E-state index in [0.29, 0.717) is 30.1 Å². The number of carbonyl (C=O) groups is 2. The van der Waals surface area contributed by atoms with Crippen molar-refractivity contribution in [2.45, 2.75) is 59.3 Å². The molecule has 7 nitrogen and oxygen atoms in total. The molecule has 0 fully saturated rings. The largest absolute Gasteiger partial charge is 0.457 e. The molecule has 2 rings (SSSR count). The van der Waals surface area contributed by atoms with E-state index in [9.17, 15) is 9.59 Å². The van der Waals surface area contributed by atoms with Gasteiger partial charge in [-0.2, -0.15) is 4.98 Å². The van der Waals surface area contributed by atoms with Crippen LogP contribution in [0.2, 0.25) is 0 Å². The Balaban J connectivity index is 1.76. The van der Waals surface area contributed by atoms with Crippen molar-refractivity contribution in [2.24, 2.45) is 7.05 Å². The number of Topliss-reactive ketones (excluding diaryl/α,β-unsaturated/α-hetero) is 1. The Morgan fingerprint density at radius 2 is 1.96 bits per heavy atom. The molecule has 0 aliphatic rings. The third-order valence-electron chi connectivity index (χ3n) is 4.35. The molecule has 0 aliphatic carbocycles. The van der Waals surface area contributed by atoms with Gasteiger partial charge in [0.05, 0.1) is 0 Å². The molecule has 26 heavy (non-hydrogen) atoms. The number of hydrogen-bond acceptors (Lipinski definition) is 6. The van der Waals surface area contributed by atoms with Crippen LogP contribution in [-0.2, 0) is 28.4 Å². The predicted octanol–water partition coefficient (Wildman–Crippen LogP) is 3.07. The Kier molecular flexibility index (Phi) is 6.00. The van der Waals surface area contributed by atoms with Crippen LogP contribution >= 0.6 is 0 Å². The zero-order valence-electron chi connectivity index (χ0n) is 16.4. The fourth-order valence-electron chi connectivity index (χ4n) is 2.48. The van der Waals surface area contributed by atoms with Crippen LogP contribution in [0.15, 0.2) is 10.6 Å². The summed E-state index contributed by atoms with van der Waals surface area (Å²) in [4.78, 5) is 28.4. The van der Waals surface area contributed by atoms with E-state index in [2.05, 4.69) is 10.1 Å². The van der Waals surface area contributed by atoms with Gasteiger partial charge in [-0.3, -0.25) is 9.59 Å². The van der Waals surface area contributed by atoms with Gasteiger partial charge in [-0.25, -0.2) is 0 Å². The van der Waals surface area contributed by atoms with E-state index in [0.717, 1.165) is 11.4 Å². The van der Waals surface area contributed by atoms with Gasteiger partial charge in [-0.15, -0.1) is 0 Å². The molecular weight excluding hydrogens is 334 g/mol. The molecule has 7 heteroatoms. The highest BCUT2D eigenvalue weighted by Gasteiger charge is 2.21. The van der Waals surface area contributed by atoms with Gasteiger partial charge in [0.25, 0.3) is 0 Å². The molecule has 2 heterocycles. The molecule has 0 saturated heterocycles. The van der Waals surface area contributed by atoms with Crippen LogP contribution in [0.25, 0.3) is 0 Å². The van der Waals surface area contributed by atoms with Gasteiger partial charge in [0.2, 0.25) is 11.7 Å². The minimum atomic E-state index is -0.404. The Labute approximate surface area is 153 Å². The minimum absolute atomic E-state index is 0.172. The molecule has 0 radical (unpaired) electrons. The van der Waals surface area contributed by atoms with Crippen LogP contribution in [0.1, 0.15) is 67.1 Å². The summed E-state index contributed by atoms with van der Waals surface area (Å²) in [5.74, 6) is 0.564. The normalized spacial score (nSPS) is 11.6. The topological polar surface area (TPSA) is 87.2 Å². The summed E-state index contributed by atoms with van der Waals surface area (Å²) in [5, 5.41) is 3.95. The fourth-order valence-corrected chi connectivity index (χ4v) is 2.48. The average Bonchev–Trinajstić information content (AvgIpc) is 3.13. The Morgan fingerprint density at radius 3 is 2.50 bits per heavy atom. The summed E-state index contributed by atoms with van der Waals surface area (Å²) >= 11 is 0. The number of nitrogens with zero attached hydrogens (tertiary/aromatic N) is 3. The van der Waals surface area contributed by atoms with Gasteiger partial charge in [0.15, 0.2) is 12.4 Å². The van der Waals surface area contributed by atoms with E-state index in [1.165, 1.54) is 0 Å². The first-order valence-electron chi connectivity index (χ1n) is 8.74. The van der Waals surface area contributed by atoms with Crippen LogP contribution in [0.5, 0.6) is 0 Å². The number of ketones is 1. The van der Waals surface area contributed by atoms with Gasteiger partial charge in [-0.1, -0.05) is 25.9 Å². The fraction of sp³-hybridized carbons (Fsp3) is 0.579. The number of ether oxygens (including phenoxy) is 1. The van der Waals surface area contributed by atoms with Crippen molar-refractivity contribution in [3.8, 4) is 0 Å². The first kappa shape index (κ1) is 19.9. The second-order valence-electron chi connectivity index (χ2n) is 7.54. The molecule has 0 spiro atoms. The highest BCUT2D eigenvalue weighted by molar-refractivity contribution is 5.99. The number of aryl methyl sites for hydroxylation is 2. The average molecular weight is 361 g/mol. The first-order chi connectivity index (χ1) is 12.1. The highest BCUT2D eigenvalue weighted by Crippen LogP contribution is 2.19. The lowest BCUT2D eigenvalue weighted by molar-refractivity contribution is -0.142. The van der Waals surface area contributed by atoms with Crippen molar-refractivity contribution in [2.75, 3.05) is 6.61 Å². The predicted molar refractivity (Wildman–Crippen MR) is 96.1 cm³/mol. The minimum Gasteiger partial charge on any atom is -0.457 e. The molecule has 0 saturated carbocycles. The lowest BCUT2D eigenvalue weighted by atomic mass is 9.96. The molecule has 0 N–H and O–H groups in total. The highest BCUT2D eigenvalue weighted by atomic mass is 16.5. The molecule has 2 aromatic rings.